The second kappa shape index (κ2) is 5.45. The zero-order valence-corrected chi connectivity index (χ0v) is 10.9. The summed E-state index contributed by atoms with van der Waals surface area (Å²) in [5.74, 6) is -2.15. The Morgan fingerprint density at radius 3 is 2.57 bits per heavy atom. The van der Waals surface area contributed by atoms with Crippen LogP contribution in [0.1, 0.15) is 26.4 Å². The summed E-state index contributed by atoms with van der Waals surface area (Å²) in [5.41, 5.74) is 0.777. The first-order valence-corrected chi connectivity index (χ1v) is 5.87. The average molecular weight is 289 g/mol. The molecule has 2 aromatic rings. The zero-order chi connectivity index (χ0) is 15.6. The summed E-state index contributed by atoms with van der Waals surface area (Å²) in [6, 6.07) is 6.95. The molecule has 0 aliphatic rings. The highest BCUT2D eigenvalue weighted by molar-refractivity contribution is 6.07. The molecule has 1 aromatic carbocycles. The molecule has 0 atom stereocenters. The summed E-state index contributed by atoms with van der Waals surface area (Å²) in [7, 11) is 0. The maximum absolute atomic E-state index is 12.0. The van der Waals surface area contributed by atoms with Crippen molar-refractivity contribution in [1.29, 1.82) is 0 Å². The first-order valence-electron chi connectivity index (χ1n) is 5.87. The number of hydrogen-bond acceptors (Lipinski definition) is 4. The van der Waals surface area contributed by atoms with E-state index < -0.39 is 16.8 Å². The van der Waals surface area contributed by atoms with Crippen LogP contribution in [0.2, 0.25) is 0 Å². The normalized spacial score (nSPS) is 10.1. The standard InChI is InChI=1S/C13H11N3O5/c1-7-2-3-9(8(6-7)13(18)19)15-12(17)10-4-5-11(14-10)16(20)21/h2-6,14H,1H3,(H,15,17)(H,18,19). The van der Waals surface area contributed by atoms with Gasteiger partial charge in [-0.05, 0) is 30.0 Å². The molecular formula is C13H11N3O5. The number of H-pyrrole nitrogens is 1. The molecule has 1 heterocycles. The van der Waals surface area contributed by atoms with Crippen LogP contribution in [0.15, 0.2) is 30.3 Å². The van der Waals surface area contributed by atoms with E-state index in [2.05, 4.69) is 10.3 Å². The topological polar surface area (TPSA) is 125 Å². The summed E-state index contributed by atoms with van der Waals surface area (Å²) in [5, 5.41) is 22.1. The van der Waals surface area contributed by atoms with Crippen molar-refractivity contribution in [3.8, 4) is 0 Å². The van der Waals surface area contributed by atoms with Crippen LogP contribution < -0.4 is 5.32 Å². The maximum Gasteiger partial charge on any atom is 0.337 e. The molecule has 1 amide bonds. The lowest BCUT2D eigenvalue weighted by molar-refractivity contribution is -0.389. The van der Waals surface area contributed by atoms with Gasteiger partial charge in [-0.1, -0.05) is 11.6 Å². The highest BCUT2D eigenvalue weighted by Gasteiger charge is 2.18. The number of aromatic amines is 1. The van der Waals surface area contributed by atoms with E-state index in [1.807, 2.05) is 0 Å². The van der Waals surface area contributed by atoms with Gasteiger partial charge < -0.3 is 20.5 Å². The number of carboxylic acids is 1. The maximum atomic E-state index is 12.0. The third-order valence-electron chi connectivity index (χ3n) is 2.77. The van der Waals surface area contributed by atoms with E-state index in [1.54, 1.807) is 13.0 Å². The number of aromatic carboxylic acids is 1. The quantitative estimate of drug-likeness (QED) is 0.587. The van der Waals surface area contributed by atoms with Crippen molar-refractivity contribution >= 4 is 23.4 Å². The molecule has 0 aliphatic carbocycles. The van der Waals surface area contributed by atoms with Crippen molar-refractivity contribution in [2.75, 3.05) is 5.32 Å². The summed E-state index contributed by atoms with van der Waals surface area (Å²) in [6.45, 7) is 1.73. The Morgan fingerprint density at radius 1 is 1.29 bits per heavy atom. The third-order valence-corrected chi connectivity index (χ3v) is 2.77. The lowest BCUT2D eigenvalue weighted by Crippen LogP contribution is -2.15. The molecule has 0 aliphatic heterocycles. The van der Waals surface area contributed by atoms with Crippen LogP contribution in [-0.4, -0.2) is 26.9 Å². The summed E-state index contributed by atoms with van der Waals surface area (Å²) in [6.07, 6.45) is 0. The van der Waals surface area contributed by atoms with Crippen LogP contribution in [0.25, 0.3) is 0 Å². The van der Waals surface area contributed by atoms with Crippen molar-refractivity contribution in [2.45, 2.75) is 6.92 Å². The molecule has 2 rings (SSSR count). The van der Waals surface area contributed by atoms with Crippen molar-refractivity contribution < 1.29 is 19.6 Å². The van der Waals surface area contributed by atoms with Crippen molar-refractivity contribution in [3.05, 3.63) is 57.3 Å². The van der Waals surface area contributed by atoms with Gasteiger partial charge in [0.15, 0.2) is 5.69 Å². The Morgan fingerprint density at radius 2 is 2.00 bits per heavy atom. The van der Waals surface area contributed by atoms with Gasteiger partial charge in [0.25, 0.3) is 5.91 Å². The molecule has 108 valence electrons. The first kappa shape index (κ1) is 14.3. The third kappa shape index (κ3) is 3.06. The lowest BCUT2D eigenvalue weighted by Gasteiger charge is -2.07. The number of rotatable bonds is 4. The van der Waals surface area contributed by atoms with Gasteiger partial charge >= 0.3 is 11.8 Å². The Hall–Kier alpha value is -3.16. The second-order valence-corrected chi connectivity index (χ2v) is 4.32. The molecular weight excluding hydrogens is 278 g/mol. The van der Waals surface area contributed by atoms with Crippen LogP contribution in [0.3, 0.4) is 0 Å². The molecule has 3 N–H and O–H groups in total. The van der Waals surface area contributed by atoms with E-state index in [0.29, 0.717) is 0 Å². The van der Waals surface area contributed by atoms with Crippen molar-refractivity contribution in [1.82, 2.24) is 4.98 Å². The van der Waals surface area contributed by atoms with Gasteiger partial charge in [0, 0.05) is 6.07 Å². The van der Waals surface area contributed by atoms with Crippen molar-refractivity contribution in [2.24, 2.45) is 0 Å². The van der Waals surface area contributed by atoms with Crippen LogP contribution in [0, 0.1) is 17.0 Å². The molecule has 0 radical (unpaired) electrons. The van der Waals surface area contributed by atoms with Gasteiger partial charge in [-0.25, -0.2) is 9.78 Å². The van der Waals surface area contributed by atoms with E-state index in [-0.39, 0.29) is 22.8 Å². The van der Waals surface area contributed by atoms with Gasteiger partial charge in [0.1, 0.15) is 0 Å². The smallest absolute Gasteiger partial charge is 0.337 e. The average Bonchev–Trinajstić information content (AvgIpc) is 2.90. The number of nitrogens with one attached hydrogen (secondary N) is 2. The van der Waals surface area contributed by atoms with E-state index in [0.717, 1.165) is 11.6 Å². The molecule has 0 unspecified atom stereocenters. The monoisotopic (exact) mass is 289 g/mol. The minimum Gasteiger partial charge on any atom is -0.478 e. The van der Waals surface area contributed by atoms with Crippen LogP contribution in [0.5, 0.6) is 0 Å². The Balaban J connectivity index is 2.27. The van der Waals surface area contributed by atoms with Gasteiger partial charge in [-0.3, -0.25) is 4.79 Å². The number of carboxylic acid groups (broad SMARTS) is 1. The van der Waals surface area contributed by atoms with Gasteiger partial charge in [0.05, 0.1) is 11.3 Å². The summed E-state index contributed by atoms with van der Waals surface area (Å²) in [4.78, 5) is 35.3. The van der Waals surface area contributed by atoms with Crippen LogP contribution in [0.4, 0.5) is 11.5 Å². The molecule has 0 fully saturated rings. The van der Waals surface area contributed by atoms with Gasteiger partial charge in [0.2, 0.25) is 0 Å². The number of nitro groups is 1. The SMILES string of the molecule is Cc1ccc(NC(=O)c2ccc([N+](=O)[O-])[nH]2)c(C(=O)O)c1. The van der Waals surface area contributed by atoms with E-state index in [4.69, 9.17) is 5.11 Å². The number of aromatic nitrogens is 1. The van der Waals surface area contributed by atoms with Crippen LogP contribution >= 0.6 is 0 Å². The van der Waals surface area contributed by atoms with Gasteiger partial charge in [-0.15, -0.1) is 0 Å². The molecule has 1 aromatic heterocycles. The largest absolute Gasteiger partial charge is 0.478 e. The minimum atomic E-state index is -1.17. The van der Waals surface area contributed by atoms with Gasteiger partial charge in [-0.2, -0.15) is 0 Å². The number of anilines is 1. The fourth-order valence-electron chi connectivity index (χ4n) is 1.76. The first-order chi connectivity index (χ1) is 9.88. The Kier molecular flexibility index (Phi) is 3.70. The molecule has 8 heteroatoms. The molecule has 0 bridgehead atoms. The molecule has 0 saturated heterocycles. The number of hydrogen-bond donors (Lipinski definition) is 3. The van der Waals surface area contributed by atoms with Crippen LogP contribution in [-0.2, 0) is 0 Å². The van der Waals surface area contributed by atoms with E-state index >= 15 is 0 Å². The van der Waals surface area contributed by atoms with E-state index in [9.17, 15) is 19.7 Å². The number of benzene rings is 1. The predicted octanol–water partition coefficient (Wildman–Crippen LogP) is 2.18. The van der Waals surface area contributed by atoms with E-state index in [1.165, 1.54) is 18.2 Å². The molecule has 21 heavy (non-hydrogen) atoms. The molecule has 0 saturated carbocycles. The highest BCUT2D eigenvalue weighted by Crippen LogP contribution is 2.19. The molecule has 0 spiro atoms. The minimum absolute atomic E-state index is 0.0291. The summed E-state index contributed by atoms with van der Waals surface area (Å²) >= 11 is 0. The second-order valence-electron chi connectivity index (χ2n) is 4.32. The number of amides is 1. The fourth-order valence-corrected chi connectivity index (χ4v) is 1.76. The number of nitrogens with zero attached hydrogens (tertiary/aromatic N) is 1. The number of carbonyl (C=O) groups excluding carboxylic acids is 1. The predicted molar refractivity (Wildman–Crippen MR) is 73.5 cm³/mol. The zero-order valence-electron chi connectivity index (χ0n) is 10.9. The lowest BCUT2D eigenvalue weighted by atomic mass is 10.1. The fraction of sp³-hybridized carbons (Fsp3) is 0.0769. The number of carbonyl (C=O) groups is 2. The number of aryl methyl sites for hydroxylation is 1. The highest BCUT2D eigenvalue weighted by atomic mass is 16.6. The Bertz CT molecular complexity index is 735. The Labute approximate surface area is 118 Å². The van der Waals surface area contributed by atoms with Crippen molar-refractivity contribution in [3.63, 3.8) is 0 Å². The molecule has 8 nitrogen and oxygen atoms in total. The summed E-state index contributed by atoms with van der Waals surface area (Å²) < 4.78 is 0.